The first-order valence-corrected chi connectivity index (χ1v) is 26.0. The normalized spacial score (nSPS) is 15.3. The zero-order chi connectivity index (χ0) is 52.3. The summed E-state index contributed by atoms with van der Waals surface area (Å²) < 4.78 is 0. The smallest absolute Gasteiger partial charge is 0.0555 e. The van der Waals surface area contributed by atoms with Crippen molar-refractivity contribution in [1.82, 2.24) is 9.97 Å². The van der Waals surface area contributed by atoms with Gasteiger partial charge < -0.3 is 0 Å². The van der Waals surface area contributed by atoms with Crippen molar-refractivity contribution in [1.29, 1.82) is 0 Å². The van der Waals surface area contributed by atoms with Gasteiger partial charge in [0, 0.05) is 31.3 Å². The van der Waals surface area contributed by atoms with E-state index in [2.05, 4.69) is 239 Å². The number of aromatic nitrogens is 2. The second kappa shape index (κ2) is 31.2. The quantitative estimate of drug-likeness (QED) is 0.131. The molecule has 0 bridgehead atoms. The zero-order valence-electron chi connectivity index (χ0n) is 45.8. The minimum atomic E-state index is 0.506. The van der Waals surface area contributed by atoms with Gasteiger partial charge in [-0.15, -0.1) is 0 Å². The van der Waals surface area contributed by atoms with Crippen molar-refractivity contribution >= 4 is 44.5 Å². The Labute approximate surface area is 435 Å². The van der Waals surface area contributed by atoms with E-state index in [-0.39, 0.29) is 0 Å². The van der Waals surface area contributed by atoms with Gasteiger partial charge in [-0.1, -0.05) is 239 Å². The Hall–Kier alpha value is -7.23. The highest BCUT2D eigenvalue weighted by molar-refractivity contribution is 6.13. The van der Waals surface area contributed by atoms with E-state index < -0.39 is 0 Å². The van der Waals surface area contributed by atoms with Gasteiger partial charge in [-0.05, 0) is 147 Å². The fraction of sp³-hybridized carbons (Fsp3) is 0.261. The SMILES string of the molecule is CC.CC.CC1=C(c2ccccc2)C=C(c2ccc3c(c2)c2c(c4ccccc43)CC=CC=C2)[C@H](C)C1.CC1=CC=CCC=C1.CN=C(C)C1=CC(C)=CCC=C1.Cc1ccc(C)cc1.Cc1cnccn1. The van der Waals surface area contributed by atoms with E-state index in [9.17, 15) is 0 Å². The van der Waals surface area contributed by atoms with Gasteiger partial charge in [0.1, 0.15) is 0 Å². The average Bonchev–Trinajstić information content (AvgIpc) is 3.93. The molecular weight excluding hydrogens is 871 g/mol. The van der Waals surface area contributed by atoms with Crippen LogP contribution in [0.1, 0.15) is 121 Å². The lowest BCUT2D eigenvalue weighted by atomic mass is 9.79. The Morgan fingerprint density at radius 3 is 1.92 bits per heavy atom. The van der Waals surface area contributed by atoms with Gasteiger partial charge in [0.2, 0.25) is 0 Å². The molecule has 0 aliphatic heterocycles. The average molecular weight is 952 g/mol. The second-order valence-corrected chi connectivity index (χ2v) is 17.9. The van der Waals surface area contributed by atoms with Crippen LogP contribution >= 0.6 is 0 Å². The molecule has 5 aromatic carbocycles. The molecule has 0 saturated carbocycles. The first-order valence-electron chi connectivity index (χ1n) is 26.0. The summed E-state index contributed by atoms with van der Waals surface area (Å²) in [4.78, 5) is 11.9. The molecule has 6 aromatic rings. The van der Waals surface area contributed by atoms with Crippen LogP contribution in [0.5, 0.6) is 0 Å². The predicted octanol–water partition coefficient (Wildman–Crippen LogP) is 19.5. The number of hydrogen-bond acceptors (Lipinski definition) is 3. The van der Waals surface area contributed by atoms with E-state index in [1.807, 2.05) is 48.6 Å². The molecule has 0 saturated heterocycles. The van der Waals surface area contributed by atoms with E-state index in [4.69, 9.17) is 0 Å². The molecule has 72 heavy (non-hydrogen) atoms. The Kier molecular flexibility index (Phi) is 24.8. The molecule has 0 amide bonds. The molecule has 4 aliphatic carbocycles. The first kappa shape index (κ1) is 57.3. The highest BCUT2D eigenvalue weighted by Crippen LogP contribution is 2.42. The van der Waals surface area contributed by atoms with Crippen molar-refractivity contribution in [2.24, 2.45) is 10.9 Å². The summed E-state index contributed by atoms with van der Waals surface area (Å²) in [5.74, 6) is 0.506. The minimum absolute atomic E-state index is 0.506. The Morgan fingerprint density at radius 1 is 0.597 bits per heavy atom. The van der Waals surface area contributed by atoms with Crippen LogP contribution in [-0.4, -0.2) is 22.7 Å². The monoisotopic (exact) mass is 952 g/mol. The molecule has 1 heterocycles. The van der Waals surface area contributed by atoms with E-state index in [0.29, 0.717) is 5.92 Å². The Balaban J connectivity index is 0.000000234. The maximum Gasteiger partial charge on any atom is 0.0555 e. The summed E-state index contributed by atoms with van der Waals surface area (Å²) in [5.41, 5.74) is 18.4. The minimum Gasteiger partial charge on any atom is -0.293 e. The van der Waals surface area contributed by atoms with Crippen LogP contribution in [0.2, 0.25) is 0 Å². The van der Waals surface area contributed by atoms with Gasteiger partial charge in [0.05, 0.1) is 5.69 Å². The number of benzene rings is 5. The molecule has 1 atom stereocenters. The van der Waals surface area contributed by atoms with Gasteiger partial charge in [-0.3, -0.25) is 15.0 Å². The number of rotatable bonds is 3. The molecule has 0 N–H and O–H groups in total. The summed E-state index contributed by atoms with van der Waals surface area (Å²) in [6, 6.07) is 35.3. The molecule has 0 unspecified atom stereocenters. The van der Waals surface area contributed by atoms with E-state index >= 15 is 0 Å². The van der Waals surface area contributed by atoms with Gasteiger partial charge in [0.15, 0.2) is 0 Å². The predicted molar refractivity (Wildman–Crippen MR) is 321 cm³/mol. The summed E-state index contributed by atoms with van der Waals surface area (Å²) in [5, 5.41) is 5.44. The van der Waals surface area contributed by atoms with Crippen molar-refractivity contribution in [3.63, 3.8) is 0 Å². The summed E-state index contributed by atoms with van der Waals surface area (Å²) in [6.07, 6.45) is 40.0. The summed E-state index contributed by atoms with van der Waals surface area (Å²) >= 11 is 0. The van der Waals surface area contributed by atoms with Crippen LogP contribution < -0.4 is 0 Å². The van der Waals surface area contributed by atoms with Gasteiger partial charge >= 0.3 is 0 Å². The van der Waals surface area contributed by atoms with Crippen LogP contribution in [0.4, 0.5) is 0 Å². The zero-order valence-corrected chi connectivity index (χ0v) is 45.8. The van der Waals surface area contributed by atoms with Crippen molar-refractivity contribution in [2.45, 2.75) is 109 Å². The van der Waals surface area contributed by atoms with E-state index in [0.717, 1.165) is 37.1 Å². The fourth-order valence-electron chi connectivity index (χ4n) is 8.56. The van der Waals surface area contributed by atoms with Crippen LogP contribution in [0.15, 0.2) is 222 Å². The van der Waals surface area contributed by atoms with Crippen LogP contribution in [0.3, 0.4) is 0 Å². The summed E-state index contributed by atoms with van der Waals surface area (Å²) in [6.45, 7) is 25.0. The largest absolute Gasteiger partial charge is 0.293 e. The van der Waals surface area contributed by atoms with Crippen LogP contribution in [0, 0.1) is 26.7 Å². The van der Waals surface area contributed by atoms with Gasteiger partial charge in [-0.2, -0.15) is 0 Å². The molecule has 10 rings (SSSR count). The Morgan fingerprint density at radius 2 is 1.26 bits per heavy atom. The highest BCUT2D eigenvalue weighted by atomic mass is 14.7. The molecule has 0 fully saturated rings. The standard InChI is InChI=1S/C33H28.C11H15N.2C8H10.C5H6N2.2C2H6/c1-22-19-23(2)32(21-31(22)24-11-5-3-6-12-24)25-17-18-30-28-16-10-9-15-26(28)27-13-7-4-8-14-29(27)33(30)20-25;1-9-6-4-5-7-11(8-9)10(2)12-3;1-7-3-5-8(2)6-4-7;1-8-6-4-2-3-5-7-8;1-5-4-6-2-3-7-5;2*1-2/h3-12,14-18,20-21,23H,13,19H2,1-2H3;5-8H,4H2,1-3H3;3-6H,1-2H3;2,4-7H,3H2,1H3;2-4H,1H3;2*1-2H3/t23-;;;;;;/m1....../s1. The van der Waals surface area contributed by atoms with Gasteiger partial charge in [0.25, 0.3) is 0 Å². The van der Waals surface area contributed by atoms with Crippen molar-refractivity contribution in [2.75, 3.05) is 7.05 Å². The summed E-state index contributed by atoms with van der Waals surface area (Å²) in [7, 11) is 1.83. The lowest BCUT2D eigenvalue weighted by molar-refractivity contribution is 0.731. The maximum absolute atomic E-state index is 4.16. The molecule has 372 valence electrons. The van der Waals surface area contributed by atoms with Crippen LogP contribution in [0.25, 0.3) is 38.8 Å². The van der Waals surface area contributed by atoms with Crippen molar-refractivity contribution < 1.29 is 0 Å². The third kappa shape index (κ3) is 17.6. The molecule has 0 radical (unpaired) electrons. The lowest BCUT2D eigenvalue weighted by Gasteiger charge is -2.25. The number of nitrogens with zero attached hydrogens (tertiary/aromatic N) is 3. The molecule has 0 spiro atoms. The fourth-order valence-corrected chi connectivity index (χ4v) is 8.56. The van der Waals surface area contributed by atoms with Crippen molar-refractivity contribution in [3.8, 4) is 0 Å². The number of allylic oxidation sites excluding steroid dienone is 19. The molecule has 3 nitrogen and oxygen atoms in total. The molecule has 1 aromatic heterocycles. The first-order chi connectivity index (χ1) is 35.0. The maximum atomic E-state index is 4.16. The lowest BCUT2D eigenvalue weighted by Crippen LogP contribution is -2.07. The second-order valence-electron chi connectivity index (χ2n) is 17.9. The third-order valence-corrected chi connectivity index (χ3v) is 12.4. The number of hydrogen-bond donors (Lipinski definition) is 0. The van der Waals surface area contributed by atoms with Crippen molar-refractivity contribution in [3.05, 3.63) is 256 Å². The van der Waals surface area contributed by atoms with E-state index in [1.54, 1.807) is 18.6 Å². The third-order valence-electron chi connectivity index (χ3n) is 12.4. The number of fused-ring (bicyclic) bond motifs is 6. The molecular formula is C69H81N3. The number of aryl methyl sites for hydroxylation is 3. The topological polar surface area (TPSA) is 38.1 Å². The molecule has 3 heteroatoms. The Bertz CT molecular complexity index is 2970. The van der Waals surface area contributed by atoms with Gasteiger partial charge in [-0.25, -0.2) is 0 Å². The number of aliphatic imine (C=N–C) groups is 1. The highest BCUT2D eigenvalue weighted by Gasteiger charge is 2.21. The molecule has 4 aliphatic rings. The van der Waals surface area contributed by atoms with Crippen LogP contribution in [-0.2, 0) is 6.42 Å². The van der Waals surface area contributed by atoms with E-state index in [1.165, 1.54) is 88.4 Å².